The van der Waals surface area contributed by atoms with E-state index in [1.807, 2.05) is 14.1 Å². The Morgan fingerprint density at radius 2 is 1.53 bits per heavy atom. The third-order valence-electron chi connectivity index (χ3n) is 2.69. The van der Waals surface area contributed by atoms with Crippen LogP contribution in [0.1, 0.15) is 32.4 Å². The standard InChI is InChI=1S/C13H22N2/c1-13(2,3)12(15-5)10-6-8-11(14-4)9-7-10/h6-9,12,14-15H,1-5H3. The summed E-state index contributed by atoms with van der Waals surface area (Å²) in [6.45, 7) is 6.75. The van der Waals surface area contributed by atoms with Gasteiger partial charge >= 0.3 is 0 Å². The van der Waals surface area contributed by atoms with Gasteiger partial charge in [-0.3, -0.25) is 0 Å². The minimum atomic E-state index is 0.232. The molecule has 2 nitrogen and oxygen atoms in total. The summed E-state index contributed by atoms with van der Waals surface area (Å²) in [5.74, 6) is 0. The smallest absolute Gasteiger partial charge is 0.0366 e. The van der Waals surface area contributed by atoms with Crippen LogP contribution in [-0.4, -0.2) is 14.1 Å². The monoisotopic (exact) mass is 206 g/mol. The lowest BCUT2D eigenvalue weighted by Crippen LogP contribution is -2.29. The molecule has 0 bridgehead atoms. The fourth-order valence-electron chi connectivity index (χ4n) is 1.94. The SMILES string of the molecule is CNc1ccc(C(NC)C(C)(C)C)cc1. The molecule has 0 saturated heterocycles. The number of hydrogen-bond acceptors (Lipinski definition) is 2. The van der Waals surface area contributed by atoms with E-state index < -0.39 is 0 Å². The van der Waals surface area contributed by atoms with E-state index in [1.54, 1.807) is 0 Å². The van der Waals surface area contributed by atoms with E-state index in [2.05, 4.69) is 55.7 Å². The molecule has 0 aliphatic carbocycles. The molecular formula is C13H22N2. The van der Waals surface area contributed by atoms with Gasteiger partial charge in [0.1, 0.15) is 0 Å². The number of nitrogens with one attached hydrogen (secondary N) is 2. The Labute approximate surface area is 93.1 Å². The Morgan fingerprint density at radius 3 is 1.87 bits per heavy atom. The zero-order chi connectivity index (χ0) is 11.5. The molecule has 0 aliphatic rings. The molecule has 2 N–H and O–H groups in total. The predicted molar refractivity (Wildman–Crippen MR) is 67.2 cm³/mol. The molecule has 15 heavy (non-hydrogen) atoms. The largest absolute Gasteiger partial charge is 0.388 e. The minimum Gasteiger partial charge on any atom is -0.388 e. The topological polar surface area (TPSA) is 24.1 Å². The first-order chi connectivity index (χ1) is 6.99. The summed E-state index contributed by atoms with van der Waals surface area (Å²) >= 11 is 0. The Hall–Kier alpha value is -1.02. The molecule has 0 fully saturated rings. The van der Waals surface area contributed by atoms with Gasteiger partial charge in [0.05, 0.1) is 0 Å². The molecule has 1 atom stereocenters. The lowest BCUT2D eigenvalue weighted by atomic mass is 9.82. The molecule has 1 aromatic carbocycles. The highest BCUT2D eigenvalue weighted by Crippen LogP contribution is 2.32. The fraction of sp³-hybridized carbons (Fsp3) is 0.538. The van der Waals surface area contributed by atoms with Gasteiger partial charge in [-0.05, 0) is 30.2 Å². The Kier molecular flexibility index (Phi) is 3.75. The zero-order valence-corrected chi connectivity index (χ0v) is 10.4. The molecule has 0 radical (unpaired) electrons. The van der Waals surface area contributed by atoms with Crippen molar-refractivity contribution in [2.24, 2.45) is 5.41 Å². The summed E-state index contributed by atoms with van der Waals surface area (Å²) in [5, 5.41) is 6.50. The molecule has 0 saturated carbocycles. The Morgan fingerprint density at radius 1 is 1.00 bits per heavy atom. The number of benzene rings is 1. The van der Waals surface area contributed by atoms with Crippen molar-refractivity contribution in [2.45, 2.75) is 26.8 Å². The minimum absolute atomic E-state index is 0.232. The maximum absolute atomic E-state index is 3.38. The molecular weight excluding hydrogens is 184 g/mol. The number of anilines is 1. The van der Waals surface area contributed by atoms with Crippen LogP contribution in [0.25, 0.3) is 0 Å². The second-order valence-electron chi connectivity index (χ2n) is 4.96. The van der Waals surface area contributed by atoms with Gasteiger partial charge in [-0.25, -0.2) is 0 Å². The normalized spacial score (nSPS) is 13.7. The van der Waals surface area contributed by atoms with Gasteiger partial charge in [0.25, 0.3) is 0 Å². The van der Waals surface area contributed by atoms with Gasteiger partial charge in [0, 0.05) is 18.8 Å². The maximum Gasteiger partial charge on any atom is 0.0366 e. The van der Waals surface area contributed by atoms with Gasteiger partial charge < -0.3 is 10.6 Å². The molecule has 0 aliphatic heterocycles. The predicted octanol–water partition coefficient (Wildman–Crippen LogP) is 3.03. The van der Waals surface area contributed by atoms with E-state index in [9.17, 15) is 0 Å². The van der Waals surface area contributed by atoms with Crippen LogP contribution in [0.4, 0.5) is 5.69 Å². The average Bonchev–Trinajstić information content (AvgIpc) is 2.18. The van der Waals surface area contributed by atoms with Gasteiger partial charge in [0.15, 0.2) is 0 Å². The van der Waals surface area contributed by atoms with Crippen LogP contribution in [0.15, 0.2) is 24.3 Å². The van der Waals surface area contributed by atoms with Gasteiger partial charge in [-0.15, -0.1) is 0 Å². The van der Waals surface area contributed by atoms with Crippen molar-refractivity contribution in [3.05, 3.63) is 29.8 Å². The Balaban J connectivity index is 2.93. The first-order valence-electron chi connectivity index (χ1n) is 5.44. The van der Waals surface area contributed by atoms with E-state index in [1.165, 1.54) is 5.56 Å². The van der Waals surface area contributed by atoms with Crippen molar-refractivity contribution in [1.29, 1.82) is 0 Å². The highest BCUT2D eigenvalue weighted by molar-refractivity contribution is 5.44. The highest BCUT2D eigenvalue weighted by Gasteiger charge is 2.24. The van der Waals surface area contributed by atoms with E-state index in [-0.39, 0.29) is 5.41 Å². The van der Waals surface area contributed by atoms with Crippen LogP contribution in [0.3, 0.4) is 0 Å². The molecule has 0 amide bonds. The third-order valence-corrected chi connectivity index (χ3v) is 2.69. The van der Waals surface area contributed by atoms with E-state index >= 15 is 0 Å². The molecule has 1 aromatic rings. The summed E-state index contributed by atoms with van der Waals surface area (Å²) in [7, 11) is 3.95. The summed E-state index contributed by atoms with van der Waals surface area (Å²) in [5.41, 5.74) is 2.72. The lowest BCUT2D eigenvalue weighted by Gasteiger charge is -2.30. The average molecular weight is 206 g/mol. The maximum atomic E-state index is 3.38. The second-order valence-corrected chi connectivity index (χ2v) is 4.96. The van der Waals surface area contributed by atoms with E-state index in [0.717, 1.165) is 5.69 Å². The third kappa shape index (κ3) is 2.96. The van der Waals surface area contributed by atoms with Crippen LogP contribution in [0, 0.1) is 5.41 Å². The first kappa shape index (κ1) is 12.1. The van der Waals surface area contributed by atoms with E-state index in [4.69, 9.17) is 0 Å². The Bertz CT molecular complexity index is 295. The zero-order valence-electron chi connectivity index (χ0n) is 10.4. The molecule has 2 heteroatoms. The highest BCUT2D eigenvalue weighted by atomic mass is 14.9. The first-order valence-corrected chi connectivity index (χ1v) is 5.44. The fourth-order valence-corrected chi connectivity index (χ4v) is 1.94. The van der Waals surface area contributed by atoms with Crippen LogP contribution in [0.2, 0.25) is 0 Å². The molecule has 0 spiro atoms. The van der Waals surface area contributed by atoms with Crippen molar-refractivity contribution in [1.82, 2.24) is 5.32 Å². The molecule has 84 valence electrons. The molecule has 1 unspecified atom stereocenters. The summed E-state index contributed by atoms with van der Waals surface area (Å²) < 4.78 is 0. The summed E-state index contributed by atoms with van der Waals surface area (Å²) in [4.78, 5) is 0. The van der Waals surface area contributed by atoms with Crippen LogP contribution in [0.5, 0.6) is 0 Å². The number of rotatable bonds is 3. The lowest BCUT2D eigenvalue weighted by molar-refractivity contribution is 0.287. The van der Waals surface area contributed by atoms with Crippen LogP contribution >= 0.6 is 0 Å². The van der Waals surface area contributed by atoms with Crippen molar-refractivity contribution in [3.8, 4) is 0 Å². The van der Waals surface area contributed by atoms with Crippen LogP contribution in [-0.2, 0) is 0 Å². The quantitative estimate of drug-likeness (QED) is 0.794. The van der Waals surface area contributed by atoms with Crippen molar-refractivity contribution in [3.63, 3.8) is 0 Å². The van der Waals surface area contributed by atoms with Crippen LogP contribution < -0.4 is 10.6 Å². The van der Waals surface area contributed by atoms with Gasteiger partial charge in [-0.1, -0.05) is 32.9 Å². The molecule has 0 aromatic heterocycles. The second kappa shape index (κ2) is 4.67. The summed E-state index contributed by atoms with van der Waals surface area (Å²) in [6.07, 6.45) is 0. The number of hydrogen-bond donors (Lipinski definition) is 2. The van der Waals surface area contributed by atoms with E-state index in [0.29, 0.717) is 6.04 Å². The van der Waals surface area contributed by atoms with Gasteiger partial charge in [-0.2, -0.15) is 0 Å². The molecule has 0 heterocycles. The van der Waals surface area contributed by atoms with Crippen molar-refractivity contribution < 1.29 is 0 Å². The van der Waals surface area contributed by atoms with Gasteiger partial charge in [0.2, 0.25) is 0 Å². The molecule has 1 rings (SSSR count). The van der Waals surface area contributed by atoms with Crippen molar-refractivity contribution >= 4 is 5.69 Å². The van der Waals surface area contributed by atoms with Crippen molar-refractivity contribution in [2.75, 3.05) is 19.4 Å². The summed E-state index contributed by atoms with van der Waals surface area (Å²) in [6, 6.07) is 8.98.